The van der Waals surface area contributed by atoms with E-state index in [2.05, 4.69) is 4.18 Å². The van der Waals surface area contributed by atoms with Crippen LogP contribution in [0.2, 0.25) is 0 Å². The van der Waals surface area contributed by atoms with Gasteiger partial charge in [-0.05, 0) is 11.5 Å². The molecule has 0 aliphatic heterocycles. The monoisotopic (exact) mass is 261 g/mol. The molecule has 0 saturated heterocycles. The summed E-state index contributed by atoms with van der Waals surface area (Å²) in [5.74, 6) is -0.117. The van der Waals surface area contributed by atoms with Gasteiger partial charge >= 0.3 is 29.6 Å². The maximum absolute atomic E-state index is 10.6. The van der Waals surface area contributed by atoms with Crippen LogP contribution < -0.4 is 39.5 Å². The Bertz CT molecular complexity index is 642. The molecule has 17 heavy (non-hydrogen) atoms. The number of anilines is 1. The number of nitrogen functional groups attached to an aromatic ring is 1. The molecule has 0 aliphatic carbocycles. The first-order chi connectivity index (χ1) is 7.47. The zero-order chi connectivity index (χ0) is 11.8. The van der Waals surface area contributed by atoms with Gasteiger partial charge in [0.2, 0.25) is 0 Å². The molecule has 0 fully saturated rings. The van der Waals surface area contributed by atoms with Crippen LogP contribution in [0.4, 0.5) is 5.69 Å². The van der Waals surface area contributed by atoms with Gasteiger partial charge in [-0.2, -0.15) is 0 Å². The minimum atomic E-state index is -4.82. The average molecular weight is 261 g/mol. The Morgan fingerprint density at radius 2 is 1.76 bits per heavy atom. The summed E-state index contributed by atoms with van der Waals surface area (Å²) in [6, 6.07) is 10.1. The number of nitrogens with two attached hydrogens (primary N) is 1. The van der Waals surface area contributed by atoms with E-state index in [0.29, 0.717) is 5.39 Å². The Hall–Kier alpha value is -0.790. The number of hydrogen-bond acceptors (Lipinski definition) is 5. The number of fused-ring (bicyclic) bond motifs is 1. The fraction of sp³-hybridized carbons (Fsp3) is 0. The standard InChI is InChI=1S/C10H9NO4S.Na/c11-9-6-5-7-3-1-2-4-8(7)10(9)15-16(12,13)14;/h1-6H,11H2,(H,12,13,14);/q;+1/p-1. The van der Waals surface area contributed by atoms with Gasteiger partial charge in [0, 0.05) is 5.39 Å². The Balaban J connectivity index is 0.00000144. The van der Waals surface area contributed by atoms with E-state index in [0.717, 1.165) is 5.39 Å². The van der Waals surface area contributed by atoms with Crippen LogP contribution in [0.1, 0.15) is 0 Å². The fourth-order valence-corrected chi connectivity index (χ4v) is 1.85. The van der Waals surface area contributed by atoms with Crippen molar-refractivity contribution in [3.05, 3.63) is 36.4 Å². The molecular weight excluding hydrogens is 253 g/mol. The van der Waals surface area contributed by atoms with Crippen molar-refractivity contribution in [1.29, 1.82) is 0 Å². The summed E-state index contributed by atoms with van der Waals surface area (Å²) in [5.41, 5.74) is 5.67. The zero-order valence-electron chi connectivity index (χ0n) is 9.08. The minimum absolute atomic E-state index is 0. The maximum Gasteiger partial charge on any atom is 1.00 e. The van der Waals surface area contributed by atoms with Crippen LogP contribution in [0.15, 0.2) is 36.4 Å². The summed E-state index contributed by atoms with van der Waals surface area (Å²) in [6.45, 7) is 0. The second-order valence-corrected chi connectivity index (χ2v) is 4.18. The van der Waals surface area contributed by atoms with Gasteiger partial charge < -0.3 is 14.5 Å². The minimum Gasteiger partial charge on any atom is -0.716 e. The van der Waals surface area contributed by atoms with Crippen molar-refractivity contribution >= 4 is 26.9 Å². The fourth-order valence-electron chi connectivity index (χ4n) is 1.45. The molecular formula is C10H8NNaO4S. The van der Waals surface area contributed by atoms with E-state index in [1.807, 2.05) is 0 Å². The van der Waals surface area contributed by atoms with Gasteiger partial charge in [-0.25, -0.2) is 8.42 Å². The van der Waals surface area contributed by atoms with Crippen LogP contribution in [0.3, 0.4) is 0 Å². The predicted molar refractivity (Wildman–Crippen MR) is 58.7 cm³/mol. The molecule has 7 heteroatoms. The number of hydrogen-bond donors (Lipinski definition) is 1. The Labute approximate surface area is 121 Å². The van der Waals surface area contributed by atoms with E-state index < -0.39 is 10.4 Å². The Morgan fingerprint density at radius 3 is 2.41 bits per heavy atom. The summed E-state index contributed by atoms with van der Waals surface area (Å²) in [5, 5.41) is 1.23. The van der Waals surface area contributed by atoms with Crippen molar-refractivity contribution in [1.82, 2.24) is 0 Å². The van der Waals surface area contributed by atoms with Gasteiger partial charge in [-0.15, -0.1) is 0 Å². The SMILES string of the molecule is Nc1ccc2ccccc2c1OS(=O)(=O)[O-].[Na+]. The Morgan fingerprint density at radius 1 is 1.12 bits per heavy atom. The first-order valence-corrected chi connectivity index (χ1v) is 5.73. The molecule has 2 aromatic rings. The van der Waals surface area contributed by atoms with Gasteiger partial charge in [-0.1, -0.05) is 30.3 Å². The second kappa shape index (κ2) is 5.24. The molecule has 84 valence electrons. The summed E-state index contributed by atoms with van der Waals surface area (Å²) in [4.78, 5) is 0. The van der Waals surface area contributed by atoms with Crippen LogP contribution in [-0.4, -0.2) is 13.0 Å². The maximum atomic E-state index is 10.6. The molecule has 0 spiro atoms. The van der Waals surface area contributed by atoms with Crippen LogP contribution in [0, 0.1) is 0 Å². The van der Waals surface area contributed by atoms with Crippen molar-refractivity contribution in [3.63, 3.8) is 0 Å². The first-order valence-electron chi connectivity index (χ1n) is 4.40. The van der Waals surface area contributed by atoms with Crippen molar-refractivity contribution in [2.24, 2.45) is 0 Å². The molecule has 2 N–H and O–H groups in total. The topological polar surface area (TPSA) is 92.5 Å². The molecule has 5 nitrogen and oxygen atoms in total. The van der Waals surface area contributed by atoms with E-state index in [1.165, 1.54) is 6.07 Å². The summed E-state index contributed by atoms with van der Waals surface area (Å²) in [6.07, 6.45) is 0. The van der Waals surface area contributed by atoms with E-state index >= 15 is 0 Å². The van der Waals surface area contributed by atoms with Gasteiger partial charge in [0.25, 0.3) is 10.4 Å². The van der Waals surface area contributed by atoms with E-state index in [4.69, 9.17) is 5.73 Å². The summed E-state index contributed by atoms with van der Waals surface area (Å²) in [7, 11) is -4.82. The van der Waals surface area contributed by atoms with Crippen molar-refractivity contribution < 1.29 is 46.7 Å². The molecule has 2 rings (SSSR count). The third-order valence-electron chi connectivity index (χ3n) is 2.10. The molecule has 0 atom stereocenters. The van der Waals surface area contributed by atoms with Crippen molar-refractivity contribution in [3.8, 4) is 5.75 Å². The molecule has 0 amide bonds. The van der Waals surface area contributed by atoms with Gasteiger partial charge in [0.05, 0.1) is 5.69 Å². The normalized spacial score (nSPS) is 10.9. The van der Waals surface area contributed by atoms with Crippen LogP contribution in [-0.2, 0) is 10.4 Å². The first kappa shape index (κ1) is 14.3. The molecule has 0 aromatic heterocycles. The molecule has 0 saturated carbocycles. The predicted octanol–water partition coefficient (Wildman–Crippen LogP) is -1.73. The summed E-state index contributed by atoms with van der Waals surface area (Å²) < 4.78 is 36.0. The number of rotatable bonds is 2. The van der Waals surface area contributed by atoms with Gasteiger partial charge in [-0.3, -0.25) is 0 Å². The smallest absolute Gasteiger partial charge is 0.716 e. The van der Waals surface area contributed by atoms with E-state index in [1.54, 1.807) is 30.3 Å². The van der Waals surface area contributed by atoms with Crippen LogP contribution in [0.25, 0.3) is 10.8 Å². The van der Waals surface area contributed by atoms with Crippen molar-refractivity contribution in [2.75, 3.05) is 5.73 Å². The van der Waals surface area contributed by atoms with Crippen LogP contribution >= 0.6 is 0 Å². The summed E-state index contributed by atoms with van der Waals surface area (Å²) >= 11 is 0. The average Bonchev–Trinajstić information content (AvgIpc) is 2.21. The third kappa shape index (κ3) is 3.34. The van der Waals surface area contributed by atoms with Gasteiger partial charge in [0.15, 0.2) is 5.75 Å². The van der Waals surface area contributed by atoms with Gasteiger partial charge in [0.1, 0.15) is 0 Å². The van der Waals surface area contributed by atoms with Crippen LogP contribution in [0.5, 0.6) is 5.75 Å². The largest absolute Gasteiger partial charge is 1.00 e. The quantitative estimate of drug-likeness (QED) is 0.300. The molecule has 0 radical (unpaired) electrons. The molecule has 0 bridgehead atoms. The Kier molecular flexibility index (Phi) is 4.40. The third-order valence-corrected chi connectivity index (χ3v) is 2.47. The second-order valence-electron chi connectivity index (χ2n) is 3.20. The zero-order valence-corrected chi connectivity index (χ0v) is 11.9. The number of benzene rings is 2. The molecule has 0 unspecified atom stereocenters. The molecule has 2 aromatic carbocycles. The van der Waals surface area contributed by atoms with E-state index in [9.17, 15) is 13.0 Å². The van der Waals surface area contributed by atoms with E-state index in [-0.39, 0.29) is 41.0 Å². The molecule has 0 heterocycles. The molecule has 0 aliphatic rings. The van der Waals surface area contributed by atoms with Crippen molar-refractivity contribution in [2.45, 2.75) is 0 Å².